The second-order valence-corrected chi connectivity index (χ2v) is 6.09. The molecule has 0 saturated heterocycles. The third-order valence-corrected chi connectivity index (χ3v) is 3.69. The molecular formula is C15H15ClINO. The Morgan fingerprint density at radius 1 is 1.16 bits per heavy atom. The minimum absolute atomic E-state index is 0.127. The van der Waals surface area contributed by atoms with Gasteiger partial charge in [-0.05, 0) is 71.5 Å². The van der Waals surface area contributed by atoms with E-state index in [1.165, 1.54) is 3.57 Å². The maximum Gasteiger partial charge on any atom is 0.138 e. The molecule has 2 aromatic carbocycles. The zero-order valence-electron chi connectivity index (χ0n) is 10.5. The van der Waals surface area contributed by atoms with Crippen LogP contribution < -0.4 is 10.5 Å². The highest BCUT2D eigenvalue weighted by molar-refractivity contribution is 14.1. The molecule has 2 unspecified atom stereocenters. The minimum Gasteiger partial charge on any atom is -0.484 e. The van der Waals surface area contributed by atoms with Crippen molar-refractivity contribution in [2.45, 2.75) is 19.1 Å². The Bertz CT molecular complexity index is 542. The first-order valence-corrected chi connectivity index (χ1v) is 7.45. The molecule has 0 aliphatic heterocycles. The summed E-state index contributed by atoms with van der Waals surface area (Å²) in [6.07, 6.45) is -0.209. The first-order chi connectivity index (χ1) is 9.06. The average Bonchev–Trinajstić information content (AvgIpc) is 2.37. The van der Waals surface area contributed by atoms with Gasteiger partial charge in [0.25, 0.3) is 0 Å². The Labute approximate surface area is 132 Å². The largest absolute Gasteiger partial charge is 0.484 e. The topological polar surface area (TPSA) is 35.2 Å². The van der Waals surface area contributed by atoms with Crippen molar-refractivity contribution in [3.63, 3.8) is 0 Å². The first-order valence-electron chi connectivity index (χ1n) is 5.99. The van der Waals surface area contributed by atoms with E-state index < -0.39 is 0 Å². The number of ether oxygens (including phenoxy) is 1. The van der Waals surface area contributed by atoms with Gasteiger partial charge < -0.3 is 10.5 Å². The lowest BCUT2D eigenvalue weighted by Crippen LogP contribution is -2.29. The lowest BCUT2D eigenvalue weighted by molar-refractivity contribution is 0.180. The van der Waals surface area contributed by atoms with E-state index in [4.69, 9.17) is 22.1 Å². The molecule has 0 amide bonds. The van der Waals surface area contributed by atoms with Crippen molar-refractivity contribution in [1.82, 2.24) is 0 Å². The van der Waals surface area contributed by atoms with Crippen molar-refractivity contribution in [1.29, 1.82) is 0 Å². The molecule has 0 radical (unpaired) electrons. The van der Waals surface area contributed by atoms with Gasteiger partial charge in [-0.15, -0.1) is 0 Å². The van der Waals surface area contributed by atoms with Crippen LogP contribution in [0.25, 0.3) is 0 Å². The molecule has 19 heavy (non-hydrogen) atoms. The zero-order chi connectivity index (χ0) is 13.8. The highest BCUT2D eigenvalue weighted by Gasteiger charge is 2.18. The monoisotopic (exact) mass is 387 g/mol. The van der Waals surface area contributed by atoms with E-state index in [0.717, 1.165) is 11.3 Å². The Morgan fingerprint density at radius 3 is 2.42 bits per heavy atom. The molecule has 0 bridgehead atoms. The van der Waals surface area contributed by atoms with Crippen molar-refractivity contribution >= 4 is 34.2 Å². The molecule has 2 nitrogen and oxygen atoms in total. The molecule has 0 fully saturated rings. The summed E-state index contributed by atoms with van der Waals surface area (Å²) < 4.78 is 7.16. The van der Waals surface area contributed by atoms with Gasteiger partial charge in [0.15, 0.2) is 0 Å². The van der Waals surface area contributed by atoms with Crippen molar-refractivity contribution in [2.24, 2.45) is 5.73 Å². The average molecular weight is 388 g/mol. The predicted molar refractivity (Wildman–Crippen MR) is 87.6 cm³/mol. The second-order valence-electron chi connectivity index (χ2n) is 4.41. The van der Waals surface area contributed by atoms with Crippen molar-refractivity contribution < 1.29 is 4.74 Å². The second kappa shape index (κ2) is 6.59. The molecule has 0 heterocycles. The summed E-state index contributed by atoms with van der Waals surface area (Å²) in [6.45, 7) is 1.93. The fourth-order valence-electron chi connectivity index (χ4n) is 1.82. The molecule has 0 aliphatic rings. The van der Waals surface area contributed by atoms with Crippen LogP contribution in [-0.4, -0.2) is 6.04 Å². The summed E-state index contributed by atoms with van der Waals surface area (Å²) in [4.78, 5) is 0. The fraction of sp³-hybridized carbons (Fsp3) is 0.200. The zero-order valence-corrected chi connectivity index (χ0v) is 13.4. The summed E-state index contributed by atoms with van der Waals surface area (Å²) >= 11 is 8.28. The van der Waals surface area contributed by atoms with Gasteiger partial charge in [0.2, 0.25) is 0 Å². The van der Waals surface area contributed by atoms with Crippen molar-refractivity contribution in [3.05, 3.63) is 62.7 Å². The molecule has 2 N–H and O–H groups in total. The summed E-state index contributed by atoms with van der Waals surface area (Å²) in [5.74, 6) is 0.808. The molecule has 0 saturated carbocycles. The van der Waals surface area contributed by atoms with Gasteiger partial charge in [-0.1, -0.05) is 23.7 Å². The van der Waals surface area contributed by atoms with Gasteiger partial charge >= 0.3 is 0 Å². The van der Waals surface area contributed by atoms with Gasteiger partial charge in [-0.3, -0.25) is 0 Å². The van der Waals surface area contributed by atoms with Crippen molar-refractivity contribution in [3.8, 4) is 5.75 Å². The maximum absolute atomic E-state index is 6.03. The molecule has 2 aromatic rings. The van der Waals surface area contributed by atoms with Crippen molar-refractivity contribution in [2.75, 3.05) is 0 Å². The van der Waals surface area contributed by atoms with E-state index in [-0.39, 0.29) is 12.1 Å². The van der Waals surface area contributed by atoms with Gasteiger partial charge in [0.05, 0.1) is 0 Å². The lowest BCUT2D eigenvalue weighted by Gasteiger charge is -2.23. The summed E-state index contributed by atoms with van der Waals surface area (Å²) in [6, 6.07) is 15.4. The number of nitrogens with two attached hydrogens (primary N) is 1. The van der Waals surface area contributed by atoms with E-state index in [9.17, 15) is 0 Å². The molecule has 0 aromatic heterocycles. The maximum atomic E-state index is 6.03. The third-order valence-electron chi connectivity index (χ3n) is 2.73. The quantitative estimate of drug-likeness (QED) is 0.789. The lowest BCUT2D eigenvalue weighted by atomic mass is 10.0. The van der Waals surface area contributed by atoms with Gasteiger partial charge in [-0.2, -0.15) is 0 Å². The number of hydrogen-bond donors (Lipinski definition) is 1. The van der Waals surface area contributed by atoms with Crippen LogP contribution in [0.2, 0.25) is 5.02 Å². The highest BCUT2D eigenvalue weighted by atomic mass is 127. The van der Waals surface area contributed by atoms with Crippen LogP contribution >= 0.6 is 34.2 Å². The third kappa shape index (κ3) is 4.09. The van der Waals surface area contributed by atoms with E-state index >= 15 is 0 Å². The Kier molecular flexibility index (Phi) is 5.07. The van der Waals surface area contributed by atoms with E-state index in [2.05, 4.69) is 22.6 Å². The number of rotatable bonds is 4. The minimum atomic E-state index is -0.209. The summed E-state index contributed by atoms with van der Waals surface area (Å²) in [5, 5.41) is 0.689. The Balaban J connectivity index is 2.23. The van der Waals surface area contributed by atoms with Crippen LogP contribution in [0.5, 0.6) is 5.75 Å². The van der Waals surface area contributed by atoms with Crippen LogP contribution in [-0.2, 0) is 0 Å². The SMILES string of the molecule is CC(N)C(Oc1ccc(I)cc1)c1cccc(Cl)c1. The van der Waals surface area contributed by atoms with Gasteiger partial charge in [-0.25, -0.2) is 0 Å². The first kappa shape index (κ1) is 14.6. The molecule has 2 rings (SSSR count). The van der Waals surface area contributed by atoms with E-state index in [1.807, 2.05) is 55.5 Å². The van der Waals surface area contributed by atoms with Crippen LogP contribution in [0.3, 0.4) is 0 Å². The van der Waals surface area contributed by atoms with Crippen LogP contribution in [0, 0.1) is 3.57 Å². The fourth-order valence-corrected chi connectivity index (χ4v) is 2.38. The van der Waals surface area contributed by atoms with Gasteiger partial charge in [0.1, 0.15) is 11.9 Å². The van der Waals surface area contributed by atoms with E-state index in [1.54, 1.807) is 0 Å². The molecule has 2 atom stereocenters. The van der Waals surface area contributed by atoms with E-state index in [0.29, 0.717) is 5.02 Å². The molecule has 0 spiro atoms. The molecule has 4 heteroatoms. The normalized spacial score (nSPS) is 13.9. The Morgan fingerprint density at radius 2 is 1.84 bits per heavy atom. The number of benzene rings is 2. The van der Waals surface area contributed by atoms with Crippen LogP contribution in [0.1, 0.15) is 18.6 Å². The van der Waals surface area contributed by atoms with Crippen LogP contribution in [0.4, 0.5) is 0 Å². The highest BCUT2D eigenvalue weighted by Crippen LogP contribution is 2.26. The Hall–Kier alpha value is -0.780. The summed E-state index contributed by atoms with van der Waals surface area (Å²) in [5.41, 5.74) is 7.01. The molecule has 0 aliphatic carbocycles. The molecular weight excluding hydrogens is 373 g/mol. The predicted octanol–water partition coefficient (Wildman–Crippen LogP) is 4.41. The standard InChI is InChI=1S/C15H15ClINO/c1-10(18)15(11-3-2-4-12(16)9-11)19-14-7-5-13(17)6-8-14/h2-10,15H,18H2,1H3. The number of halogens is 2. The smallest absolute Gasteiger partial charge is 0.138 e. The summed E-state index contributed by atoms with van der Waals surface area (Å²) in [7, 11) is 0. The van der Waals surface area contributed by atoms with Gasteiger partial charge in [0, 0.05) is 14.6 Å². The van der Waals surface area contributed by atoms with Crippen LogP contribution in [0.15, 0.2) is 48.5 Å². The molecule has 100 valence electrons. The number of hydrogen-bond acceptors (Lipinski definition) is 2.